The Hall–Kier alpha value is -0.650. The van der Waals surface area contributed by atoms with Gasteiger partial charge in [0.2, 0.25) is 0 Å². The number of allylic oxidation sites excluding steroid dienone is 1. The molecule has 0 aromatic rings. The minimum atomic E-state index is -0.693. The smallest absolute Gasteiger partial charge is 0.108 e. The third-order valence-corrected chi connectivity index (χ3v) is 6.67. The number of halogens is 1. The van der Waals surface area contributed by atoms with E-state index in [1.165, 1.54) is 5.57 Å². The molecule has 9 heteroatoms. The van der Waals surface area contributed by atoms with E-state index < -0.39 is 12.4 Å². The third kappa shape index (κ3) is 8.33. The van der Waals surface area contributed by atoms with Crippen molar-refractivity contribution in [3.8, 4) is 0 Å². The largest absolute Gasteiger partial charge is 0.378 e. The van der Waals surface area contributed by atoms with Crippen LogP contribution in [0.4, 0.5) is 4.39 Å². The monoisotopic (exact) mass is 441 g/mol. The van der Waals surface area contributed by atoms with E-state index in [-0.39, 0.29) is 30.5 Å². The summed E-state index contributed by atoms with van der Waals surface area (Å²) in [6, 6.07) is 0.192. The Morgan fingerprint density at radius 1 is 1.23 bits per heavy atom. The highest BCUT2D eigenvalue weighted by Crippen LogP contribution is 2.25. The van der Waals surface area contributed by atoms with E-state index in [4.69, 9.17) is 0 Å². The molecule has 2 heterocycles. The van der Waals surface area contributed by atoms with E-state index in [1.807, 2.05) is 14.1 Å². The summed E-state index contributed by atoms with van der Waals surface area (Å²) < 4.78 is 13.5. The van der Waals surface area contributed by atoms with Crippen molar-refractivity contribution in [2.24, 2.45) is 5.92 Å². The van der Waals surface area contributed by atoms with Gasteiger partial charge in [-0.2, -0.15) is 0 Å². The van der Waals surface area contributed by atoms with Crippen LogP contribution in [-0.4, -0.2) is 93.8 Å². The molecular weight excluding hydrogens is 397 g/mol. The van der Waals surface area contributed by atoms with Crippen molar-refractivity contribution in [1.82, 2.24) is 36.8 Å². The predicted molar refractivity (Wildman–Crippen MR) is 123 cm³/mol. The zero-order chi connectivity index (χ0) is 22.2. The summed E-state index contributed by atoms with van der Waals surface area (Å²) in [6.45, 7) is 6.64. The topological polar surface area (TPSA) is 95.7 Å². The number of hydrogen-bond acceptors (Lipinski definition) is 8. The highest BCUT2D eigenvalue weighted by molar-refractivity contribution is 5.13. The molecular formula is C22H44FN7O. The molecule has 2 saturated heterocycles. The maximum absolute atomic E-state index is 13.5. The lowest BCUT2D eigenvalue weighted by molar-refractivity contribution is 0.0258. The van der Waals surface area contributed by atoms with Crippen molar-refractivity contribution in [1.29, 1.82) is 0 Å². The van der Waals surface area contributed by atoms with Gasteiger partial charge < -0.3 is 15.3 Å². The molecule has 3 rings (SSSR count). The molecule has 0 radical (unpaired) electrons. The van der Waals surface area contributed by atoms with Crippen molar-refractivity contribution >= 4 is 0 Å². The van der Waals surface area contributed by atoms with Crippen LogP contribution in [0, 0.1) is 5.92 Å². The first-order chi connectivity index (χ1) is 14.9. The van der Waals surface area contributed by atoms with Gasteiger partial charge in [-0.3, -0.25) is 26.6 Å². The number of alkyl halides is 1. The highest BCUT2D eigenvalue weighted by atomic mass is 19.1. The van der Waals surface area contributed by atoms with Crippen LogP contribution in [0.15, 0.2) is 11.6 Å². The maximum atomic E-state index is 13.5. The van der Waals surface area contributed by atoms with Crippen LogP contribution in [-0.2, 0) is 0 Å². The first kappa shape index (κ1) is 25.0. The lowest BCUT2D eigenvalue weighted by atomic mass is 9.90. The second-order valence-electron chi connectivity index (χ2n) is 9.62. The molecule has 1 aliphatic carbocycles. The normalized spacial score (nSPS) is 34.4. The number of hydrogen-bond donors (Lipinski definition) is 7. The van der Waals surface area contributed by atoms with Crippen molar-refractivity contribution in [3.63, 3.8) is 0 Å². The second-order valence-corrected chi connectivity index (χ2v) is 9.62. The summed E-state index contributed by atoms with van der Waals surface area (Å²) in [5.74, 6) is 0.137. The van der Waals surface area contributed by atoms with Gasteiger partial charge in [-0.25, -0.2) is 4.39 Å². The summed E-state index contributed by atoms with van der Waals surface area (Å²) in [7, 11) is 4.08. The summed E-state index contributed by atoms with van der Waals surface area (Å²) >= 11 is 0. The van der Waals surface area contributed by atoms with Crippen molar-refractivity contribution in [3.05, 3.63) is 11.6 Å². The second kappa shape index (κ2) is 12.6. The van der Waals surface area contributed by atoms with E-state index in [9.17, 15) is 9.50 Å². The van der Waals surface area contributed by atoms with E-state index in [1.54, 1.807) is 0 Å². The SMILES string of the molecule is C[C@H](NC1CC(C(O)NCCN(C)C)CC(N[C@H]2CNCCN2)N1)C1=CC[C@@H](F)CC1. The number of likely N-dealkylation sites (N-methyl/N-ethyl adjacent to an activating group) is 1. The molecule has 0 saturated carbocycles. The van der Waals surface area contributed by atoms with Gasteiger partial charge in [0.05, 0.1) is 18.5 Å². The van der Waals surface area contributed by atoms with Crippen LogP contribution in [0.25, 0.3) is 0 Å². The first-order valence-electron chi connectivity index (χ1n) is 12.0. The van der Waals surface area contributed by atoms with E-state index >= 15 is 0 Å². The molecule has 180 valence electrons. The molecule has 2 fully saturated rings. The number of piperazine rings is 1. The van der Waals surface area contributed by atoms with Crippen LogP contribution in [0.1, 0.15) is 39.0 Å². The quantitative estimate of drug-likeness (QED) is 0.183. The highest BCUT2D eigenvalue weighted by Gasteiger charge is 2.34. The fourth-order valence-corrected chi connectivity index (χ4v) is 4.81. The number of piperidine rings is 1. The van der Waals surface area contributed by atoms with Crippen molar-refractivity contribution in [2.45, 2.75) is 76.0 Å². The number of aliphatic hydroxyl groups excluding tert-OH is 1. The summed E-state index contributed by atoms with van der Waals surface area (Å²) in [5, 5.41) is 32.1. The zero-order valence-corrected chi connectivity index (χ0v) is 19.5. The average molecular weight is 442 g/mol. The van der Waals surface area contributed by atoms with Gasteiger partial charge in [-0.05, 0) is 53.1 Å². The minimum absolute atomic E-state index is 0.0806. The number of nitrogens with one attached hydrogen (secondary N) is 6. The van der Waals surface area contributed by atoms with Gasteiger partial charge in [0, 0.05) is 44.7 Å². The van der Waals surface area contributed by atoms with Crippen LogP contribution in [0.5, 0.6) is 0 Å². The third-order valence-electron chi connectivity index (χ3n) is 6.67. The van der Waals surface area contributed by atoms with Crippen molar-refractivity contribution < 1.29 is 9.50 Å². The van der Waals surface area contributed by atoms with Gasteiger partial charge >= 0.3 is 0 Å². The molecule has 0 bridgehead atoms. The molecule has 0 aromatic carbocycles. The fraction of sp³-hybridized carbons (Fsp3) is 0.909. The average Bonchev–Trinajstić information content (AvgIpc) is 2.74. The Morgan fingerprint density at radius 3 is 2.71 bits per heavy atom. The molecule has 0 amide bonds. The zero-order valence-electron chi connectivity index (χ0n) is 19.5. The molecule has 7 atom stereocenters. The van der Waals surface area contributed by atoms with Crippen LogP contribution in [0.3, 0.4) is 0 Å². The minimum Gasteiger partial charge on any atom is -0.378 e. The Bertz CT molecular complexity index is 558. The molecule has 3 aliphatic rings. The van der Waals surface area contributed by atoms with Crippen LogP contribution in [0.2, 0.25) is 0 Å². The Labute approximate surface area is 187 Å². The van der Waals surface area contributed by atoms with Gasteiger partial charge in [0.25, 0.3) is 0 Å². The first-order valence-corrected chi connectivity index (χ1v) is 12.0. The fourth-order valence-electron chi connectivity index (χ4n) is 4.81. The van der Waals surface area contributed by atoms with Crippen LogP contribution < -0.4 is 31.9 Å². The standard InChI is InChI=1S/C22H44FN7O/c1-15(16-4-6-18(23)7-5-16)27-19-12-17(22(31)26-10-11-30(2)3)13-20(28-19)29-21-14-24-8-9-25-21/h4,15,17-22,24-29,31H,5-14H2,1-3H3/t15-,17?,18+,19?,20?,21-,22?/m0/s1. The van der Waals surface area contributed by atoms with Gasteiger partial charge in [0.15, 0.2) is 0 Å². The molecule has 0 aromatic heterocycles. The van der Waals surface area contributed by atoms with E-state index in [0.717, 1.165) is 52.0 Å². The lowest BCUT2D eigenvalue weighted by Gasteiger charge is -2.42. The lowest BCUT2D eigenvalue weighted by Crippen LogP contribution is -2.66. The van der Waals surface area contributed by atoms with Gasteiger partial charge in [-0.15, -0.1) is 0 Å². The number of rotatable bonds is 10. The van der Waals surface area contributed by atoms with E-state index in [2.05, 4.69) is 49.8 Å². The predicted octanol–water partition coefficient (Wildman–Crippen LogP) is -0.357. The molecule has 31 heavy (non-hydrogen) atoms. The maximum Gasteiger partial charge on any atom is 0.108 e. The summed E-state index contributed by atoms with van der Waals surface area (Å²) in [6.07, 6.45) is 4.89. The van der Waals surface area contributed by atoms with Gasteiger partial charge in [0.1, 0.15) is 12.4 Å². The summed E-state index contributed by atoms with van der Waals surface area (Å²) in [5.41, 5.74) is 1.30. The Morgan fingerprint density at radius 2 is 2.03 bits per heavy atom. The molecule has 4 unspecified atom stereocenters. The Kier molecular flexibility index (Phi) is 10.1. The van der Waals surface area contributed by atoms with Crippen LogP contribution >= 0.6 is 0 Å². The molecule has 2 aliphatic heterocycles. The number of nitrogens with zero attached hydrogens (tertiary/aromatic N) is 1. The van der Waals surface area contributed by atoms with Crippen molar-refractivity contribution in [2.75, 3.05) is 46.8 Å². The number of aliphatic hydroxyl groups is 1. The molecule has 7 N–H and O–H groups in total. The van der Waals surface area contributed by atoms with E-state index in [0.29, 0.717) is 12.8 Å². The Balaban J connectivity index is 1.58. The molecule has 8 nitrogen and oxygen atoms in total. The summed E-state index contributed by atoms with van der Waals surface area (Å²) in [4.78, 5) is 2.11. The molecule has 0 spiro atoms. The van der Waals surface area contributed by atoms with Gasteiger partial charge in [-0.1, -0.05) is 11.6 Å².